The highest BCUT2D eigenvalue weighted by Crippen LogP contribution is 2.21. The van der Waals surface area contributed by atoms with Crippen molar-refractivity contribution in [3.63, 3.8) is 0 Å². The van der Waals surface area contributed by atoms with E-state index in [0.717, 1.165) is 5.56 Å². The number of hydrogen-bond acceptors (Lipinski definition) is 4. The van der Waals surface area contributed by atoms with Gasteiger partial charge < -0.3 is 19.3 Å². The van der Waals surface area contributed by atoms with Crippen LogP contribution in [0.5, 0.6) is 0 Å². The van der Waals surface area contributed by atoms with Crippen LogP contribution in [0.1, 0.15) is 32.8 Å². The Labute approximate surface area is 153 Å². The molecule has 0 radical (unpaired) electrons. The van der Waals surface area contributed by atoms with Gasteiger partial charge in [-0.3, -0.25) is 0 Å². The van der Waals surface area contributed by atoms with Crippen LogP contribution in [0.25, 0.3) is 0 Å². The van der Waals surface area contributed by atoms with Gasteiger partial charge in [0.25, 0.3) is 0 Å². The van der Waals surface area contributed by atoms with Crippen molar-refractivity contribution in [2.24, 2.45) is 0 Å². The van der Waals surface area contributed by atoms with Crippen LogP contribution in [0.3, 0.4) is 0 Å². The number of halogens is 1. The van der Waals surface area contributed by atoms with Gasteiger partial charge in [0.2, 0.25) is 0 Å². The van der Waals surface area contributed by atoms with Gasteiger partial charge in [0.1, 0.15) is 18.4 Å². The van der Waals surface area contributed by atoms with Crippen molar-refractivity contribution in [2.75, 3.05) is 20.1 Å². The number of likely N-dealkylation sites (tertiary alicyclic amines) is 1. The molecule has 2 rings (SSSR count). The van der Waals surface area contributed by atoms with E-state index in [1.54, 1.807) is 20.8 Å². The van der Waals surface area contributed by atoms with Crippen molar-refractivity contribution in [3.8, 4) is 0 Å². The van der Waals surface area contributed by atoms with Crippen LogP contribution in [0.4, 0.5) is 14.0 Å². The molecule has 0 bridgehead atoms. The lowest BCUT2D eigenvalue weighted by molar-refractivity contribution is -0.00298. The Hall–Kier alpha value is -2.31. The van der Waals surface area contributed by atoms with E-state index in [9.17, 15) is 14.0 Å². The fourth-order valence-electron chi connectivity index (χ4n) is 2.77. The SMILES string of the molecule is CN(C(=O)OC(C)(C)C)[C@H]1CCN(C(=O)OCc2ccccc2)C[C@H]1F. The second-order valence-corrected chi connectivity index (χ2v) is 7.45. The lowest BCUT2D eigenvalue weighted by Crippen LogP contribution is -2.54. The summed E-state index contributed by atoms with van der Waals surface area (Å²) in [4.78, 5) is 26.9. The number of carbonyl (C=O) groups excluding carboxylic acids is 2. The minimum absolute atomic E-state index is 0.106. The number of piperidine rings is 1. The van der Waals surface area contributed by atoms with E-state index in [0.29, 0.717) is 13.0 Å². The largest absolute Gasteiger partial charge is 0.445 e. The zero-order valence-corrected chi connectivity index (χ0v) is 15.8. The zero-order valence-electron chi connectivity index (χ0n) is 15.8. The smallest absolute Gasteiger partial charge is 0.410 e. The van der Waals surface area contributed by atoms with Crippen molar-refractivity contribution in [2.45, 2.75) is 51.6 Å². The lowest BCUT2D eigenvalue weighted by Gasteiger charge is -2.38. The molecule has 7 heteroatoms. The van der Waals surface area contributed by atoms with Gasteiger partial charge in [-0.05, 0) is 32.8 Å². The van der Waals surface area contributed by atoms with Crippen LogP contribution < -0.4 is 0 Å². The van der Waals surface area contributed by atoms with Gasteiger partial charge in [0.05, 0.1) is 12.6 Å². The first-order valence-corrected chi connectivity index (χ1v) is 8.73. The molecule has 1 aromatic rings. The first-order chi connectivity index (χ1) is 12.2. The van der Waals surface area contributed by atoms with Crippen LogP contribution >= 0.6 is 0 Å². The summed E-state index contributed by atoms with van der Waals surface area (Å²) in [6.07, 6.45) is -2.14. The molecule has 0 aromatic heterocycles. The summed E-state index contributed by atoms with van der Waals surface area (Å²) < 4.78 is 25.1. The first kappa shape index (κ1) is 20.0. The highest BCUT2D eigenvalue weighted by Gasteiger charge is 2.37. The van der Waals surface area contributed by atoms with E-state index in [1.165, 1.54) is 16.8 Å². The standard InChI is InChI=1S/C19H27FN2O4/c1-19(2,3)26-17(23)21(4)16-10-11-22(12-15(16)20)18(24)25-13-14-8-6-5-7-9-14/h5-9,15-16H,10-13H2,1-4H3/t15-,16+/m1/s1. The van der Waals surface area contributed by atoms with E-state index >= 15 is 0 Å². The average Bonchev–Trinajstić information content (AvgIpc) is 2.58. The van der Waals surface area contributed by atoms with E-state index in [4.69, 9.17) is 9.47 Å². The Balaban J connectivity index is 1.85. The minimum Gasteiger partial charge on any atom is -0.445 e. The lowest BCUT2D eigenvalue weighted by atomic mass is 10.0. The van der Waals surface area contributed by atoms with Gasteiger partial charge in [-0.15, -0.1) is 0 Å². The van der Waals surface area contributed by atoms with Crippen LogP contribution in [-0.2, 0) is 16.1 Å². The number of ether oxygens (including phenoxy) is 2. The van der Waals surface area contributed by atoms with Crippen molar-refractivity contribution in [1.82, 2.24) is 9.80 Å². The van der Waals surface area contributed by atoms with Crippen LogP contribution in [0, 0.1) is 0 Å². The van der Waals surface area contributed by atoms with Gasteiger partial charge in [0, 0.05) is 13.6 Å². The highest BCUT2D eigenvalue weighted by molar-refractivity contribution is 5.69. The maximum Gasteiger partial charge on any atom is 0.410 e. The number of amides is 2. The van der Waals surface area contributed by atoms with Crippen molar-refractivity contribution in [3.05, 3.63) is 35.9 Å². The molecule has 6 nitrogen and oxygen atoms in total. The van der Waals surface area contributed by atoms with Gasteiger partial charge in [-0.1, -0.05) is 30.3 Å². The molecule has 1 fully saturated rings. The molecule has 0 N–H and O–H groups in total. The second kappa shape index (κ2) is 8.38. The summed E-state index contributed by atoms with van der Waals surface area (Å²) in [6, 6.07) is 8.69. The molecule has 1 aromatic carbocycles. The van der Waals surface area contributed by atoms with Gasteiger partial charge in [0.15, 0.2) is 0 Å². The van der Waals surface area contributed by atoms with E-state index in [-0.39, 0.29) is 13.2 Å². The quantitative estimate of drug-likeness (QED) is 0.820. The number of benzene rings is 1. The van der Waals surface area contributed by atoms with E-state index in [1.807, 2.05) is 30.3 Å². The second-order valence-electron chi connectivity index (χ2n) is 7.45. The van der Waals surface area contributed by atoms with Crippen LogP contribution in [-0.4, -0.2) is 59.9 Å². The molecule has 2 amide bonds. The Morgan fingerprint density at radius 3 is 2.50 bits per heavy atom. The molecule has 0 spiro atoms. The molecule has 1 heterocycles. The number of nitrogens with zero attached hydrogens (tertiary/aromatic N) is 2. The van der Waals surface area contributed by atoms with Crippen LogP contribution in [0.15, 0.2) is 30.3 Å². The third-order valence-corrected chi connectivity index (χ3v) is 4.15. The zero-order chi connectivity index (χ0) is 19.3. The summed E-state index contributed by atoms with van der Waals surface area (Å²) in [5.41, 5.74) is 0.233. The normalized spacial score (nSPS) is 20.4. The number of hydrogen-bond donors (Lipinski definition) is 0. The molecule has 2 atom stereocenters. The molecule has 144 valence electrons. The summed E-state index contributed by atoms with van der Waals surface area (Å²) in [5.74, 6) is 0. The summed E-state index contributed by atoms with van der Waals surface area (Å²) >= 11 is 0. The molecule has 0 saturated carbocycles. The Kier molecular flexibility index (Phi) is 6.45. The topological polar surface area (TPSA) is 59.1 Å². The predicted molar refractivity (Wildman–Crippen MR) is 95.5 cm³/mol. The molecular formula is C19H27FN2O4. The molecule has 26 heavy (non-hydrogen) atoms. The highest BCUT2D eigenvalue weighted by atomic mass is 19.1. The fourth-order valence-corrected chi connectivity index (χ4v) is 2.77. The van der Waals surface area contributed by atoms with Crippen molar-refractivity contribution >= 4 is 12.2 Å². The molecule has 0 unspecified atom stereocenters. The van der Waals surface area contributed by atoms with Crippen molar-refractivity contribution < 1.29 is 23.5 Å². The number of carbonyl (C=O) groups is 2. The average molecular weight is 366 g/mol. The Morgan fingerprint density at radius 1 is 1.27 bits per heavy atom. The van der Waals surface area contributed by atoms with Crippen molar-refractivity contribution in [1.29, 1.82) is 0 Å². The summed E-state index contributed by atoms with van der Waals surface area (Å²) in [6.45, 7) is 5.65. The molecule has 0 aliphatic carbocycles. The Bertz CT molecular complexity index is 618. The molecule has 1 aliphatic rings. The minimum atomic E-state index is -1.36. The third kappa shape index (κ3) is 5.61. The van der Waals surface area contributed by atoms with Crippen LogP contribution in [0.2, 0.25) is 0 Å². The molecular weight excluding hydrogens is 339 g/mol. The first-order valence-electron chi connectivity index (χ1n) is 8.73. The van der Waals surface area contributed by atoms with Gasteiger partial charge in [-0.2, -0.15) is 0 Å². The van der Waals surface area contributed by atoms with Gasteiger partial charge in [-0.25, -0.2) is 14.0 Å². The maximum atomic E-state index is 14.6. The fraction of sp³-hybridized carbons (Fsp3) is 0.579. The maximum absolute atomic E-state index is 14.6. The summed E-state index contributed by atoms with van der Waals surface area (Å²) in [7, 11) is 1.52. The van der Waals surface area contributed by atoms with Gasteiger partial charge >= 0.3 is 12.2 Å². The monoisotopic (exact) mass is 366 g/mol. The summed E-state index contributed by atoms with van der Waals surface area (Å²) in [5, 5.41) is 0. The number of alkyl halides is 1. The molecule has 1 saturated heterocycles. The number of rotatable bonds is 3. The predicted octanol–water partition coefficient (Wildman–Crippen LogP) is 3.60. The molecule has 1 aliphatic heterocycles. The van der Waals surface area contributed by atoms with E-state index in [2.05, 4.69) is 0 Å². The Morgan fingerprint density at radius 2 is 1.92 bits per heavy atom. The van der Waals surface area contributed by atoms with E-state index < -0.39 is 30.0 Å². The third-order valence-electron chi connectivity index (χ3n) is 4.15.